The van der Waals surface area contributed by atoms with Gasteiger partial charge in [-0.2, -0.15) is 5.26 Å². The zero-order valence-electron chi connectivity index (χ0n) is 9.57. The fourth-order valence-electron chi connectivity index (χ4n) is 2.06. The molecule has 0 aliphatic carbocycles. The number of nitrogens with zero attached hydrogens (tertiary/aromatic N) is 2. The van der Waals surface area contributed by atoms with Crippen molar-refractivity contribution in [2.24, 2.45) is 5.41 Å². The van der Waals surface area contributed by atoms with Gasteiger partial charge in [-0.25, -0.2) is 14.5 Å². The van der Waals surface area contributed by atoms with Crippen molar-refractivity contribution in [2.75, 3.05) is 0 Å². The Morgan fingerprint density at radius 1 is 1.37 bits per heavy atom. The highest BCUT2D eigenvalue weighted by Gasteiger charge is 2.60. The molecule has 2 atom stereocenters. The maximum atomic E-state index is 11.9. The minimum Gasteiger partial charge on any atom is -0.480 e. The fraction of sp³-hybridized carbons (Fsp3) is 0.500. The number of amides is 2. The zero-order chi connectivity index (χ0) is 14.8. The summed E-state index contributed by atoms with van der Waals surface area (Å²) in [6.07, 6.45) is -3.22. The highest BCUT2D eigenvalue weighted by Crippen LogP contribution is 2.40. The van der Waals surface area contributed by atoms with E-state index in [4.69, 9.17) is 20.6 Å². The molecule has 9 heteroatoms. The first-order valence-corrected chi connectivity index (χ1v) is 5.17. The van der Waals surface area contributed by atoms with Crippen LogP contribution >= 0.6 is 0 Å². The van der Waals surface area contributed by atoms with Crippen LogP contribution in [0.25, 0.3) is 0 Å². The second-order valence-electron chi connectivity index (χ2n) is 4.06. The Hall–Kier alpha value is -2.63. The van der Waals surface area contributed by atoms with E-state index in [9.17, 15) is 19.2 Å². The summed E-state index contributed by atoms with van der Waals surface area (Å²) in [6, 6.07) is -0.0962. The number of hydrogen-bond donors (Lipinski definition) is 3. The van der Waals surface area contributed by atoms with Crippen LogP contribution in [0.2, 0.25) is 0 Å². The van der Waals surface area contributed by atoms with Crippen LogP contribution in [0.3, 0.4) is 0 Å². The zero-order valence-corrected chi connectivity index (χ0v) is 9.57. The van der Waals surface area contributed by atoms with Gasteiger partial charge < -0.3 is 15.3 Å². The Labute approximate surface area is 106 Å². The Bertz CT molecular complexity index is 495. The van der Waals surface area contributed by atoms with Crippen LogP contribution in [0.5, 0.6) is 0 Å². The van der Waals surface area contributed by atoms with Gasteiger partial charge >= 0.3 is 18.0 Å². The standard InChI is InChI=1S/C10H10N2O7/c11-3-1-2-10(8(16)17)4-5(6(13)14)12(7(10)15)9(18)19/h5H,1-2,4H2,(H,13,14)(H,16,17)(H,18,19). The van der Waals surface area contributed by atoms with Crippen LogP contribution in [0.15, 0.2) is 0 Å². The van der Waals surface area contributed by atoms with Crippen molar-refractivity contribution in [2.45, 2.75) is 25.3 Å². The summed E-state index contributed by atoms with van der Waals surface area (Å²) in [5.74, 6) is -4.53. The van der Waals surface area contributed by atoms with E-state index in [1.54, 1.807) is 6.07 Å². The molecular formula is C10H10N2O7. The number of rotatable bonds is 4. The van der Waals surface area contributed by atoms with E-state index < -0.39 is 48.2 Å². The van der Waals surface area contributed by atoms with Gasteiger partial charge in [0, 0.05) is 12.8 Å². The Kier molecular flexibility index (Phi) is 3.75. The SMILES string of the molecule is N#CCCC1(C(=O)O)CC(C(=O)O)N(C(=O)O)C1=O. The number of hydrogen-bond acceptors (Lipinski definition) is 5. The molecule has 0 aromatic carbocycles. The van der Waals surface area contributed by atoms with E-state index in [2.05, 4.69) is 0 Å². The van der Waals surface area contributed by atoms with Gasteiger partial charge in [0.25, 0.3) is 0 Å². The van der Waals surface area contributed by atoms with Crippen LogP contribution in [0.4, 0.5) is 4.79 Å². The van der Waals surface area contributed by atoms with Crippen molar-refractivity contribution in [3.05, 3.63) is 0 Å². The van der Waals surface area contributed by atoms with E-state index in [0.29, 0.717) is 0 Å². The Balaban J connectivity index is 3.25. The summed E-state index contributed by atoms with van der Waals surface area (Å²) in [6.45, 7) is 0. The lowest BCUT2D eigenvalue weighted by Gasteiger charge is -2.20. The van der Waals surface area contributed by atoms with Crippen LogP contribution in [-0.4, -0.2) is 50.2 Å². The number of nitriles is 1. The van der Waals surface area contributed by atoms with Gasteiger partial charge in [0.1, 0.15) is 6.04 Å². The number of carbonyl (C=O) groups is 4. The molecule has 1 heterocycles. The third kappa shape index (κ3) is 2.20. The summed E-state index contributed by atoms with van der Waals surface area (Å²) in [5.41, 5.74) is -2.17. The predicted octanol–water partition coefficient (Wildman–Crippen LogP) is -0.275. The second kappa shape index (κ2) is 4.93. The predicted molar refractivity (Wildman–Crippen MR) is 55.8 cm³/mol. The molecule has 0 radical (unpaired) electrons. The Morgan fingerprint density at radius 2 is 1.95 bits per heavy atom. The first kappa shape index (κ1) is 14.4. The molecule has 1 aliphatic rings. The molecule has 1 aliphatic heterocycles. The monoisotopic (exact) mass is 270 g/mol. The molecule has 0 aromatic heterocycles. The van der Waals surface area contributed by atoms with Crippen molar-refractivity contribution in [1.29, 1.82) is 5.26 Å². The van der Waals surface area contributed by atoms with Gasteiger partial charge in [-0.3, -0.25) is 9.59 Å². The molecule has 102 valence electrons. The molecule has 0 bridgehead atoms. The second-order valence-corrected chi connectivity index (χ2v) is 4.06. The molecule has 1 saturated heterocycles. The van der Waals surface area contributed by atoms with Gasteiger partial charge in [-0.15, -0.1) is 0 Å². The maximum absolute atomic E-state index is 11.9. The molecule has 2 unspecified atom stereocenters. The number of imide groups is 1. The molecule has 9 nitrogen and oxygen atoms in total. The third-order valence-corrected chi connectivity index (χ3v) is 3.05. The van der Waals surface area contributed by atoms with Crippen molar-refractivity contribution in [3.63, 3.8) is 0 Å². The van der Waals surface area contributed by atoms with Crippen LogP contribution < -0.4 is 0 Å². The molecule has 0 aromatic rings. The number of carboxylic acid groups (broad SMARTS) is 3. The lowest BCUT2D eigenvalue weighted by molar-refractivity contribution is -0.156. The van der Waals surface area contributed by atoms with E-state index in [0.717, 1.165) is 0 Å². The van der Waals surface area contributed by atoms with E-state index in [-0.39, 0.29) is 11.3 Å². The van der Waals surface area contributed by atoms with Gasteiger partial charge in [0.05, 0.1) is 6.07 Å². The summed E-state index contributed by atoms with van der Waals surface area (Å²) in [7, 11) is 0. The fourth-order valence-corrected chi connectivity index (χ4v) is 2.06. The van der Waals surface area contributed by atoms with Crippen molar-refractivity contribution >= 4 is 23.9 Å². The van der Waals surface area contributed by atoms with Gasteiger partial charge in [0.2, 0.25) is 5.91 Å². The van der Waals surface area contributed by atoms with Gasteiger partial charge in [-0.1, -0.05) is 0 Å². The van der Waals surface area contributed by atoms with Crippen molar-refractivity contribution in [3.8, 4) is 6.07 Å². The summed E-state index contributed by atoms with van der Waals surface area (Å²) in [4.78, 5) is 45.0. The number of aliphatic carboxylic acids is 2. The average Bonchev–Trinajstić information content (AvgIpc) is 2.61. The first-order valence-electron chi connectivity index (χ1n) is 5.17. The van der Waals surface area contributed by atoms with Crippen molar-refractivity contribution in [1.82, 2.24) is 4.90 Å². The van der Waals surface area contributed by atoms with E-state index in [1.165, 1.54) is 0 Å². The van der Waals surface area contributed by atoms with E-state index in [1.807, 2.05) is 0 Å². The summed E-state index contributed by atoms with van der Waals surface area (Å²) < 4.78 is 0. The van der Waals surface area contributed by atoms with Gasteiger partial charge in [0.15, 0.2) is 5.41 Å². The van der Waals surface area contributed by atoms with Crippen LogP contribution in [0, 0.1) is 16.7 Å². The lowest BCUT2D eigenvalue weighted by Crippen LogP contribution is -2.45. The summed E-state index contributed by atoms with van der Waals surface area (Å²) in [5, 5.41) is 35.3. The van der Waals surface area contributed by atoms with Crippen molar-refractivity contribution < 1.29 is 34.5 Å². The third-order valence-electron chi connectivity index (χ3n) is 3.05. The number of carboxylic acids is 2. The smallest absolute Gasteiger partial charge is 0.414 e. The molecular weight excluding hydrogens is 260 g/mol. The Morgan fingerprint density at radius 3 is 2.26 bits per heavy atom. The molecule has 3 N–H and O–H groups in total. The molecule has 19 heavy (non-hydrogen) atoms. The molecule has 0 saturated carbocycles. The lowest BCUT2D eigenvalue weighted by atomic mass is 9.80. The molecule has 1 fully saturated rings. The summed E-state index contributed by atoms with van der Waals surface area (Å²) >= 11 is 0. The highest BCUT2D eigenvalue weighted by molar-refractivity contribution is 6.11. The van der Waals surface area contributed by atoms with E-state index >= 15 is 0 Å². The van der Waals surface area contributed by atoms with Crippen LogP contribution in [-0.2, 0) is 14.4 Å². The minimum absolute atomic E-state index is 0.00777. The quantitative estimate of drug-likeness (QED) is 0.589. The molecule has 2 amide bonds. The minimum atomic E-state index is -2.17. The average molecular weight is 270 g/mol. The van der Waals surface area contributed by atoms with Gasteiger partial charge in [-0.05, 0) is 6.42 Å². The topological polar surface area (TPSA) is 156 Å². The first-order chi connectivity index (χ1) is 8.77. The molecule has 1 rings (SSSR count). The number of likely N-dealkylation sites (tertiary alicyclic amines) is 1. The van der Waals surface area contributed by atoms with Crippen LogP contribution in [0.1, 0.15) is 19.3 Å². The normalized spacial score (nSPS) is 25.9. The maximum Gasteiger partial charge on any atom is 0.414 e. The largest absolute Gasteiger partial charge is 0.480 e. The molecule has 0 spiro atoms. The highest BCUT2D eigenvalue weighted by atomic mass is 16.4. The number of carbonyl (C=O) groups excluding carboxylic acids is 1.